The molecule has 1 heterocycles. The first-order valence-electron chi connectivity index (χ1n) is 5.61. The molecule has 0 bridgehead atoms. The molecule has 0 saturated heterocycles. The van der Waals surface area contributed by atoms with Crippen molar-refractivity contribution < 1.29 is 4.74 Å². The number of aromatic nitrogens is 1. The predicted octanol–water partition coefficient (Wildman–Crippen LogP) is 2.48. The summed E-state index contributed by atoms with van der Waals surface area (Å²) in [4.78, 5) is 4.23. The fourth-order valence-electron chi connectivity index (χ4n) is 1.67. The van der Waals surface area contributed by atoms with Gasteiger partial charge in [0.25, 0.3) is 0 Å². The lowest BCUT2D eigenvalue weighted by Crippen LogP contribution is -2.16. The number of nitrogens with zero attached hydrogens (tertiary/aromatic N) is 1. The quantitative estimate of drug-likeness (QED) is 0.797. The molecule has 17 heavy (non-hydrogen) atoms. The van der Waals surface area contributed by atoms with Gasteiger partial charge in [-0.1, -0.05) is 18.2 Å². The zero-order valence-electron chi connectivity index (χ0n) is 9.85. The topological polar surface area (TPSA) is 34.1 Å². The van der Waals surface area contributed by atoms with Crippen LogP contribution in [0, 0.1) is 0 Å². The summed E-state index contributed by atoms with van der Waals surface area (Å²) in [7, 11) is 1.71. The second kappa shape index (κ2) is 6.37. The van der Waals surface area contributed by atoms with Gasteiger partial charge < -0.3 is 10.1 Å². The minimum absolute atomic E-state index is 0.840. The van der Waals surface area contributed by atoms with Crippen molar-refractivity contribution in [1.82, 2.24) is 10.3 Å². The number of rotatable bonds is 6. The van der Waals surface area contributed by atoms with Crippen LogP contribution in [0.1, 0.15) is 10.6 Å². The Hall–Kier alpha value is -1.39. The van der Waals surface area contributed by atoms with Gasteiger partial charge in [0.1, 0.15) is 10.8 Å². The van der Waals surface area contributed by atoms with Crippen LogP contribution in [0.4, 0.5) is 0 Å². The van der Waals surface area contributed by atoms with Gasteiger partial charge in [-0.25, -0.2) is 4.98 Å². The van der Waals surface area contributed by atoms with E-state index in [0.717, 1.165) is 30.3 Å². The fourth-order valence-corrected chi connectivity index (χ4v) is 2.25. The normalized spacial score (nSPS) is 10.4. The van der Waals surface area contributed by atoms with Crippen molar-refractivity contribution in [2.45, 2.75) is 13.0 Å². The average molecular weight is 248 g/mol. The lowest BCUT2D eigenvalue weighted by atomic mass is 10.1. The third kappa shape index (κ3) is 3.54. The molecule has 0 aliphatic carbocycles. The number of hydrogen-bond acceptors (Lipinski definition) is 4. The molecular formula is C13H16N2OS. The Balaban J connectivity index is 1.78. The van der Waals surface area contributed by atoms with Gasteiger partial charge in [0.2, 0.25) is 0 Å². The Bertz CT molecular complexity index is 442. The van der Waals surface area contributed by atoms with Crippen molar-refractivity contribution >= 4 is 11.3 Å². The van der Waals surface area contributed by atoms with Crippen LogP contribution in [-0.4, -0.2) is 18.6 Å². The largest absolute Gasteiger partial charge is 0.496 e. The number of para-hydroxylation sites is 1. The van der Waals surface area contributed by atoms with E-state index < -0.39 is 0 Å². The van der Waals surface area contributed by atoms with Crippen LogP contribution in [0.15, 0.2) is 35.8 Å². The highest BCUT2D eigenvalue weighted by molar-refractivity contribution is 7.09. The maximum Gasteiger partial charge on any atom is 0.122 e. The molecule has 90 valence electrons. The van der Waals surface area contributed by atoms with Gasteiger partial charge in [-0.3, -0.25) is 0 Å². The Morgan fingerprint density at radius 1 is 1.35 bits per heavy atom. The van der Waals surface area contributed by atoms with E-state index in [9.17, 15) is 0 Å². The van der Waals surface area contributed by atoms with Gasteiger partial charge in [-0.05, 0) is 24.6 Å². The molecule has 0 spiro atoms. The predicted molar refractivity (Wildman–Crippen MR) is 70.5 cm³/mol. The van der Waals surface area contributed by atoms with Gasteiger partial charge in [-0.15, -0.1) is 11.3 Å². The summed E-state index contributed by atoms with van der Waals surface area (Å²) in [5, 5.41) is 6.51. The molecule has 0 fully saturated rings. The Morgan fingerprint density at radius 3 is 3.00 bits per heavy atom. The summed E-state index contributed by atoms with van der Waals surface area (Å²) >= 11 is 1.68. The molecule has 0 radical (unpaired) electrons. The van der Waals surface area contributed by atoms with E-state index in [1.165, 1.54) is 5.56 Å². The summed E-state index contributed by atoms with van der Waals surface area (Å²) in [5.74, 6) is 0.962. The molecule has 1 N–H and O–H groups in total. The zero-order valence-corrected chi connectivity index (χ0v) is 10.7. The second-order valence-corrected chi connectivity index (χ2v) is 4.64. The lowest BCUT2D eigenvalue weighted by Gasteiger charge is -2.08. The number of ether oxygens (including phenoxy) is 1. The average Bonchev–Trinajstić information content (AvgIpc) is 2.88. The number of thiazole rings is 1. The van der Waals surface area contributed by atoms with Crippen LogP contribution >= 0.6 is 11.3 Å². The van der Waals surface area contributed by atoms with E-state index >= 15 is 0 Å². The van der Waals surface area contributed by atoms with Crippen molar-refractivity contribution in [1.29, 1.82) is 0 Å². The first kappa shape index (κ1) is 12.1. The van der Waals surface area contributed by atoms with E-state index in [1.54, 1.807) is 18.4 Å². The fraction of sp³-hybridized carbons (Fsp3) is 0.308. The van der Waals surface area contributed by atoms with E-state index in [-0.39, 0.29) is 0 Å². The van der Waals surface area contributed by atoms with E-state index in [0.29, 0.717) is 0 Å². The molecule has 0 amide bonds. The molecule has 0 unspecified atom stereocenters. The van der Waals surface area contributed by atoms with Crippen LogP contribution in [-0.2, 0) is 13.0 Å². The Labute approximate surface area is 105 Å². The molecule has 2 aromatic rings. The third-order valence-electron chi connectivity index (χ3n) is 2.52. The van der Waals surface area contributed by atoms with Crippen molar-refractivity contribution in [3.8, 4) is 5.75 Å². The summed E-state index contributed by atoms with van der Waals surface area (Å²) in [6.07, 6.45) is 2.80. The van der Waals surface area contributed by atoms with Crippen LogP contribution in [0.2, 0.25) is 0 Å². The molecule has 0 aliphatic rings. The van der Waals surface area contributed by atoms with Crippen LogP contribution < -0.4 is 10.1 Å². The number of nitrogens with one attached hydrogen (secondary N) is 1. The zero-order chi connectivity index (χ0) is 11.9. The van der Waals surface area contributed by atoms with E-state index in [1.807, 2.05) is 29.8 Å². The Morgan fingerprint density at radius 2 is 2.24 bits per heavy atom. The van der Waals surface area contributed by atoms with Crippen molar-refractivity contribution in [3.05, 3.63) is 46.4 Å². The summed E-state index contributed by atoms with van der Waals surface area (Å²) in [6, 6.07) is 8.13. The summed E-state index contributed by atoms with van der Waals surface area (Å²) in [6.45, 7) is 1.77. The molecule has 1 aromatic carbocycles. The first-order valence-corrected chi connectivity index (χ1v) is 6.49. The number of methoxy groups -OCH3 is 1. The highest BCUT2D eigenvalue weighted by Gasteiger charge is 2.01. The monoisotopic (exact) mass is 248 g/mol. The maximum atomic E-state index is 5.31. The highest BCUT2D eigenvalue weighted by atomic mass is 32.1. The molecule has 3 nitrogen and oxygen atoms in total. The van der Waals surface area contributed by atoms with Gasteiger partial charge in [-0.2, -0.15) is 0 Å². The maximum absolute atomic E-state index is 5.31. The van der Waals surface area contributed by atoms with Gasteiger partial charge in [0.05, 0.1) is 7.11 Å². The van der Waals surface area contributed by atoms with Gasteiger partial charge in [0.15, 0.2) is 0 Å². The number of hydrogen-bond donors (Lipinski definition) is 1. The molecule has 2 rings (SSSR count). The molecule has 0 aliphatic heterocycles. The molecule has 0 saturated carbocycles. The summed E-state index contributed by atoms with van der Waals surface area (Å²) < 4.78 is 5.31. The number of benzene rings is 1. The van der Waals surface area contributed by atoms with Crippen LogP contribution in [0.25, 0.3) is 0 Å². The van der Waals surface area contributed by atoms with Crippen LogP contribution in [0.5, 0.6) is 5.75 Å². The smallest absolute Gasteiger partial charge is 0.122 e. The Kier molecular flexibility index (Phi) is 4.53. The van der Waals surface area contributed by atoms with E-state index in [4.69, 9.17) is 4.74 Å². The first-order chi connectivity index (χ1) is 8.40. The van der Waals surface area contributed by atoms with Gasteiger partial charge >= 0.3 is 0 Å². The third-order valence-corrected chi connectivity index (χ3v) is 3.30. The van der Waals surface area contributed by atoms with Crippen molar-refractivity contribution in [2.75, 3.05) is 13.7 Å². The van der Waals surface area contributed by atoms with Crippen molar-refractivity contribution in [2.24, 2.45) is 0 Å². The molecular weight excluding hydrogens is 232 g/mol. The minimum atomic E-state index is 0.840. The van der Waals surface area contributed by atoms with Crippen molar-refractivity contribution in [3.63, 3.8) is 0 Å². The van der Waals surface area contributed by atoms with Crippen LogP contribution in [0.3, 0.4) is 0 Å². The van der Waals surface area contributed by atoms with E-state index in [2.05, 4.69) is 16.4 Å². The molecule has 1 aromatic heterocycles. The molecule has 0 atom stereocenters. The standard InChI is InChI=1S/C13H16N2OS/c1-16-12-5-3-2-4-11(12)6-7-14-10-13-15-8-9-17-13/h2-5,8-9,14H,6-7,10H2,1H3. The molecule has 4 heteroatoms. The summed E-state index contributed by atoms with van der Waals surface area (Å²) in [5.41, 5.74) is 1.24. The second-order valence-electron chi connectivity index (χ2n) is 3.66. The van der Waals surface area contributed by atoms with Gasteiger partial charge in [0, 0.05) is 18.1 Å². The lowest BCUT2D eigenvalue weighted by molar-refractivity contribution is 0.409. The SMILES string of the molecule is COc1ccccc1CCNCc1nccs1. The minimum Gasteiger partial charge on any atom is -0.496 e. The highest BCUT2D eigenvalue weighted by Crippen LogP contribution is 2.17.